The highest BCUT2D eigenvalue weighted by molar-refractivity contribution is 7.99. The van der Waals surface area contributed by atoms with Gasteiger partial charge in [0.2, 0.25) is 0 Å². The minimum atomic E-state index is -0.297. The van der Waals surface area contributed by atoms with Gasteiger partial charge in [-0.2, -0.15) is 0 Å². The van der Waals surface area contributed by atoms with Crippen molar-refractivity contribution in [3.63, 3.8) is 0 Å². The summed E-state index contributed by atoms with van der Waals surface area (Å²) in [5.41, 5.74) is 3.69. The Morgan fingerprint density at radius 3 is 2.85 bits per heavy atom. The molecule has 8 heteroatoms. The van der Waals surface area contributed by atoms with Gasteiger partial charge >= 0.3 is 0 Å². The second kappa shape index (κ2) is 9.49. The Labute approximate surface area is 195 Å². The molecule has 0 amide bonds. The van der Waals surface area contributed by atoms with Crippen LogP contribution < -0.4 is 0 Å². The van der Waals surface area contributed by atoms with Gasteiger partial charge in [0.25, 0.3) is 0 Å². The lowest BCUT2D eigenvalue weighted by molar-refractivity contribution is 0.0953. The molecular formula is C25H25FN4O2S. The van der Waals surface area contributed by atoms with E-state index in [1.54, 1.807) is 18.3 Å². The van der Waals surface area contributed by atoms with Crippen LogP contribution in [-0.4, -0.2) is 44.0 Å². The van der Waals surface area contributed by atoms with E-state index in [1.165, 1.54) is 29.5 Å². The first-order valence-electron chi connectivity index (χ1n) is 11.2. The Bertz CT molecular complexity index is 1280. The molecule has 0 saturated carbocycles. The number of carbonyl (C=O) groups is 1. The van der Waals surface area contributed by atoms with E-state index in [2.05, 4.69) is 28.2 Å². The smallest absolute Gasteiger partial charge is 0.192 e. The molecule has 170 valence electrons. The predicted molar refractivity (Wildman–Crippen MR) is 127 cm³/mol. The molecule has 1 aliphatic rings. The van der Waals surface area contributed by atoms with E-state index in [0.29, 0.717) is 23.1 Å². The van der Waals surface area contributed by atoms with Gasteiger partial charge in [0, 0.05) is 34.8 Å². The normalized spacial score (nSPS) is 16.0. The first-order valence-corrected chi connectivity index (χ1v) is 12.2. The van der Waals surface area contributed by atoms with Crippen molar-refractivity contribution in [3.8, 4) is 11.4 Å². The van der Waals surface area contributed by atoms with Crippen LogP contribution in [0.1, 0.15) is 35.7 Å². The number of hydrogen-bond acceptors (Lipinski definition) is 5. The minimum absolute atomic E-state index is 0.0366. The highest BCUT2D eigenvalue weighted by atomic mass is 32.2. The lowest BCUT2D eigenvalue weighted by atomic mass is 10.1. The maximum Gasteiger partial charge on any atom is 0.192 e. The first kappa shape index (κ1) is 21.9. The molecule has 1 fully saturated rings. The van der Waals surface area contributed by atoms with Crippen molar-refractivity contribution >= 4 is 28.4 Å². The van der Waals surface area contributed by atoms with Crippen LogP contribution in [0.2, 0.25) is 0 Å². The second-order valence-electron chi connectivity index (χ2n) is 8.17. The summed E-state index contributed by atoms with van der Waals surface area (Å²) in [7, 11) is 0. The van der Waals surface area contributed by atoms with Crippen LogP contribution >= 0.6 is 11.8 Å². The van der Waals surface area contributed by atoms with Crippen molar-refractivity contribution in [3.05, 3.63) is 65.6 Å². The van der Waals surface area contributed by atoms with E-state index in [-0.39, 0.29) is 23.5 Å². The van der Waals surface area contributed by atoms with E-state index in [4.69, 9.17) is 4.74 Å². The van der Waals surface area contributed by atoms with Crippen LogP contribution in [0.5, 0.6) is 0 Å². The van der Waals surface area contributed by atoms with Crippen molar-refractivity contribution in [2.75, 3.05) is 12.4 Å². The fraction of sp³-hybridized carbons (Fsp3) is 0.320. The number of aromatic amines is 1. The van der Waals surface area contributed by atoms with Crippen LogP contribution in [0.15, 0.2) is 53.8 Å². The Morgan fingerprint density at radius 2 is 2.09 bits per heavy atom. The molecule has 5 rings (SSSR count). The number of aryl methyl sites for hydroxylation is 1. The number of para-hydroxylation sites is 1. The molecule has 33 heavy (non-hydrogen) atoms. The van der Waals surface area contributed by atoms with Gasteiger partial charge in [-0.25, -0.2) is 4.39 Å². The number of hydrogen-bond donors (Lipinski definition) is 1. The number of aromatic nitrogens is 4. The van der Waals surface area contributed by atoms with Crippen molar-refractivity contribution < 1.29 is 13.9 Å². The van der Waals surface area contributed by atoms with Crippen LogP contribution in [0, 0.1) is 5.82 Å². The highest BCUT2D eigenvalue weighted by Crippen LogP contribution is 2.29. The van der Waals surface area contributed by atoms with E-state index >= 15 is 0 Å². The molecular weight excluding hydrogens is 439 g/mol. The SMILES string of the molecule is CCc1cccc2c(C(=O)CSc3nnc(-c4ccc(F)cc4)n3C[C@H]3CCCO3)c[nH]c12. The summed E-state index contributed by atoms with van der Waals surface area (Å²) >= 11 is 1.37. The molecule has 4 aromatic rings. The third-order valence-electron chi connectivity index (χ3n) is 6.04. The van der Waals surface area contributed by atoms with Crippen LogP contribution in [0.25, 0.3) is 22.3 Å². The van der Waals surface area contributed by atoms with Crippen molar-refractivity contribution in [1.29, 1.82) is 0 Å². The van der Waals surface area contributed by atoms with Gasteiger partial charge in [0.05, 0.1) is 18.4 Å². The Balaban J connectivity index is 1.40. The third-order valence-corrected chi connectivity index (χ3v) is 7.01. The summed E-state index contributed by atoms with van der Waals surface area (Å²) in [4.78, 5) is 16.4. The Morgan fingerprint density at radius 1 is 1.24 bits per heavy atom. The van der Waals surface area contributed by atoms with Crippen LogP contribution in [0.3, 0.4) is 0 Å². The number of H-pyrrole nitrogens is 1. The summed E-state index contributed by atoms with van der Waals surface area (Å²) < 4.78 is 21.3. The Kier molecular flexibility index (Phi) is 6.28. The fourth-order valence-electron chi connectivity index (χ4n) is 4.31. The minimum Gasteiger partial charge on any atom is -0.376 e. The fourth-order valence-corrected chi connectivity index (χ4v) is 5.15. The number of carbonyl (C=O) groups excluding carboxylic acids is 1. The number of thioether (sulfide) groups is 1. The van der Waals surface area contributed by atoms with Gasteiger partial charge in [-0.1, -0.05) is 36.9 Å². The summed E-state index contributed by atoms with van der Waals surface area (Å²) in [5.74, 6) is 0.639. The van der Waals surface area contributed by atoms with Gasteiger partial charge in [0.1, 0.15) is 5.82 Å². The molecule has 6 nitrogen and oxygen atoms in total. The molecule has 1 N–H and O–H groups in total. The molecule has 3 heterocycles. The van der Waals surface area contributed by atoms with Gasteiger partial charge in [-0.3, -0.25) is 9.36 Å². The largest absolute Gasteiger partial charge is 0.376 e. The maximum absolute atomic E-state index is 13.4. The molecule has 0 bridgehead atoms. The number of benzene rings is 2. The summed E-state index contributed by atoms with van der Waals surface area (Å²) in [6.07, 6.45) is 4.78. The average Bonchev–Trinajstić information content (AvgIpc) is 3.58. The van der Waals surface area contributed by atoms with Gasteiger partial charge in [0.15, 0.2) is 16.8 Å². The number of halogens is 1. The molecule has 2 aromatic carbocycles. The molecule has 0 unspecified atom stereocenters. The zero-order chi connectivity index (χ0) is 22.8. The average molecular weight is 465 g/mol. The number of ether oxygens (including phenoxy) is 1. The van der Waals surface area contributed by atoms with Crippen LogP contribution in [0.4, 0.5) is 4.39 Å². The molecule has 0 aliphatic carbocycles. The van der Waals surface area contributed by atoms with Crippen molar-refractivity contribution in [1.82, 2.24) is 19.7 Å². The van der Waals surface area contributed by atoms with E-state index in [1.807, 2.05) is 16.7 Å². The van der Waals surface area contributed by atoms with Gasteiger partial charge in [-0.05, 0) is 49.1 Å². The topological polar surface area (TPSA) is 72.8 Å². The number of fused-ring (bicyclic) bond motifs is 1. The summed E-state index contributed by atoms with van der Waals surface area (Å²) in [5, 5.41) is 10.3. The molecule has 0 spiro atoms. The number of nitrogens with one attached hydrogen (secondary N) is 1. The van der Waals surface area contributed by atoms with Gasteiger partial charge in [-0.15, -0.1) is 10.2 Å². The van der Waals surface area contributed by atoms with E-state index in [9.17, 15) is 9.18 Å². The van der Waals surface area contributed by atoms with E-state index in [0.717, 1.165) is 42.3 Å². The maximum atomic E-state index is 13.4. The first-order chi connectivity index (χ1) is 16.1. The number of nitrogens with zero attached hydrogens (tertiary/aromatic N) is 3. The zero-order valence-electron chi connectivity index (χ0n) is 18.4. The quantitative estimate of drug-likeness (QED) is 0.284. The second-order valence-corrected chi connectivity index (χ2v) is 9.11. The van der Waals surface area contributed by atoms with Gasteiger partial charge < -0.3 is 9.72 Å². The zero-order valence-corrected chi connectivity index (χ0v) is 19.2. The van der Waals surface area contributed by atoms with Crippen molar-refractivity contribution in [2.24, 2.45) is 0 Å². The molecule has 0 radical (unpaired) electrons. The number of Topliss-reactive ketones (excluding diaryl/α,β-unsaturated/α-hetero) is 1. The summed E-state index contributed by atoms with van der Waals surface area (Å²) in [6, 6.07) is 12.3. The highest BCUT2D eigenvalue weighted by Gasteiger charge is 2.23. The monoisotopic (exact) mass is 464 g/mol. The summed E-state index contributed by atoms with van der Waals surface area (Å²) in [6.45, 7) is 3.45. The van der Waals surface area contributed by atoms with Crippen LogP contribution in [-0.2, 0) is 17.7 Å². The van der Waals surface area contributed by atoms with E-state index < -0.39 is 0 Å². The lowest BCUT2D eigenvalue weighted by Gasteiger charge is -2.14. The number of rotatable bonds is 8. The predicted octanol–water partition coefficient (Wildman–Crippen LogP) is 5.28. The standard InChI is InChI=1S/C25H25FN4O2S/c1-2-16-5-3-7-20-21(13-27-23(16)20)22(31)15-33-25-29-28-24(17-8-10-18(26)11-9-17)30(25)14-19-6-4-12-32-19/h3,5,7-11,13,19,27H,2,4,6,12,14-15H2,1H3/t19-/m1/s1. The molecule has 1 aliphatic heterocycles. The molecule has 1 atom stereocenters. The number of ketones is 1. The molecule has 2 aromatic heterocycles. The Hall–Kier alpha value is -2.97. The lowest BCUT2D eigenvalue weighted by Crippen LogP contribution is -2.17. The van der Waals surface area contributed by atoms with Crippen molar-refractivity contribution in [2.45, 2.75) is 44.0 Å². The third kappa shape index (κ3) is 4.45. The molecule has 1 saturated heterocycles.